The molecule has 0 aromatic rings. The molecule has 5 nitrogen and oxygen atoms in total. The molecule has 4 unspecified atom stereocenters. The average molecular weight is 666 g/mol. The largest absolute Gasteiger partial charge is 0.388 e. The molecule has 0 aliphatic carbocycles. The zero-order chi connectivity index (χ0) is 34.0. The topological polar surface area (TPSA) is 78.8 Å². The van der Waals surface area contributed by atoms with E-state index in [-0.39, 0.29) is 12.0 Å². The predicted molar refractivity (Wildman–Crippen MR) is 202 cm³/mol. The van der Waals surface area contributed by atoms with E-state index in [1.54, 1.807) is 0 Å². The molecule has 1 heterocycles. The molecule has 1 rings (SSSR count). The van der Waals surface area contributed by atoms with Gasteiger partial charge in [-0.05, 0) is 12.8 Å². The third-order valence-corrected chi connectivity index (χ3v) is 10.6. The molecule has 1 amide bonds. The van der Waals surface area contributed by atoms with E-state index in [4.69, 9.17) is 4.74 Å². The molecule has 1 saturated heterocycles. The van der Waals surface area contributed by atoms with Crippen LogP contribution in [0.1, 0.15) is 232 Å². The van der Waals surface area contributed by atoms with Gasteiger partial charge in [0.15, 0.2) is 0 Å². The van der Waals surface area contributed by atoms with Crippen LogP contribution in [-0.4, -0.2) is 47.1 Å². The molecule has 3 N–H and O–H groups in total. The number of aliphatic hydroxyl groups is 2. The predicted octanol–water partition coefficient (Wildman–Crippen LogP) is 11.9. The third kappa shape index (κ3) is 26.8. The van der Waals surface area contributed by atoms with Crippen molar-refractivity contribution in [2.24, 2.45) is 0 Å². The van der Waals surface area contributed by atoms with E-state index in [0.717, 1.165) is 25.7 Å². The molecular weight excluding hydrogens is 582 g/mol. The van der Waals surface area contributed by atoms with Crippen molar-refractivity contribution < 1.29 is 19.7 Å². The maximum atomic E-state index is 12.5. The Bertz CT molecular complexity index is 659. The van der Waals surface area contributed by atoms with Crippen LogP contribution in [0.15, 0.2) is 0 Å². The van der Waals surface area contributed by atoms with Gasteiger partial charge in [0.05, 0.1) is 18.8 Å². The van der Waals surface area contributed by atoms with Crippen LogP contribution >= 0.6 is 0 Å². The Morgan fingerprint density at radius 3 is 1.23 bits per heavy atom. The first-order valence-electron chi connectivity index (χ1n) is 21.4. The number of carbonyl (C=O) groups is 1. The zero-order valence-corrected chi connectivity index (χ0v) is 31.8. The van der Waals surface area contributed by atoms with Crippen LogP contribution in [0, 0.1) is 0 Å². The van der Waals surface area contributed by atoms with E-state index < -0.39 is 18.2 Å². The fourth-order valence-electron chi connectivity index (χ4n) is 7.25. The van der Waals surface area contributed by atoms with Gasteiger partial charge < -0.3 is 20.3 Å². The second-order valence-electron chi connectivity index (χ2n) is 15.2. The van der Waals surface area contributed by atoms with E-state index in [1.807, 2.05) is 0 Å². The van der Waals surface area contributed by atoms with Crippen molar-refractivity contribution in [1.29, 1.82) is 0 Å². The minimum Gasteiger partial charge on any atom is -0.388 e. The van der Waals surface area contributed by atoms with Gasteiger partial charge in [-0.2, -0.15) is 0 Å². The molecule has 0 radical (unpaired) electrons. The lowest BCUT2D eigenvalue weighted by Crippen LogP contribution is -2.48. The summed E-state index contributed by atoms with van der Waals surface area (Å²) in [5.41, 5.74) is 0. The van der Waals surface area contributed by atoms with Crippen molar-refractivity contribution in [2.75, 3.05) is 6.61 Å². The van der Waals surface area contributed by atoms with Crippen LogP contribution in [0.3, 0.4) is 0 Å². The number of hydrogen-bond acceptors (Lipinski definition) is 4. The van der Waals surface area contributed by atoms with Crippen LogP contribution in [0.2, 0.25) is 0 Å². The van der Waals surface area contributed by atoms with Crippen LogP contribution in [0.4, 0.5) is 0 Å². The van der Waals surface area contributed by atoms with Crippen molar-refractivity contribution in [2.45, 2.75) is 257 Å². The van der Waals surface area contributed by atoms with E-state index in [9.17, 15) is 15.0 Å². The van der Waals surface area contributed by atoms with Gasteiger partial charge in [-0.3, -0.25) is 4.79 Å². The lowest BCUT2D eigenvalue weighted by atomic mass is 10.0. The van der Waals surface area contributed by atoms with Gasteiger partial charge in [-0.25, -0.2) is 0 Å². The first-order valence-corrected chi connectivity index (χ1v) is 21.4. The minimum atomic E-state index is -0.992. The first-order chi connectivity index (χ1) is 23.1. The summed E-state index contributed by atoms with van der Waals surface area (Å²) in [5.74, 6) is -0.360. The summed E-state index contributed by atoms with van der Waals surface area (Å²) in [6.07, 6.45) is 42.1. The maximum Gasteiger partial charge on any atom is 0.249 e. The Morgan fingerprint density at radius 1 is 0.553 bits per heavy atom. The molecule has 280 valence electrons. The van der Waals surface area contributed by atoms with Crippen molar-refractivity contribution in [3.05, 3.63) is 0 Å². The molecule has 1 fully saturated rings. The molecule has 1 aliphatic rings. The quantitative estimate of drug-likeness (QED) is 0.0582. The second-order valence-corrected chi connectivity index (χ2v) is 15.2. The molecule has 0 aromatic heterocycles. The van der Waals surface area contributed by atoms with Crippen LogP contribution in [0.25, 0.3) is 0 Å². The molecule has 0 saturated carbocycles. The number of hydrogen-bond donors (Lipinski definition) is 3. The highest BCUT2D eigenvalue weighted by atomic mass is 16.5. The molecule has 0 bridgehead atoms. The van der Waals surface area contributed by atoms with Crippen LogP contribution in [-0.2, 0) is 9.53 Å². The maximum absolute atomic E-state index is 12.5. The van der Waals surface area contributed by atoms with Crippen molar-refractivity contribution in [3.8, 4) is 0 Å². The molecule has 4 atom stereocenters. The molecule has 5 heteroatoms. The number of aliphatic hydroxyl groups excluding tert-OH is 2. The van der Waals surface area contributed by atoms with Gasteiger partial charge in [0.25, 0.3) is 0 Å². The highest BCUT2D eigenvalue weighted by Gasteiger charge is 2.37. The molecule has 1 aliphatic heterocycles. The Balaban J connectivity index is 1.88. The van der Waals surface area contributed by atoms with Gasteiger partial charge in [0.2, 0.25) is 5.91 Å². The first kappa shape index (κ1) is 44.4. The van der Waals surface area contributed by atoms with Crippen molar-refractivity contribution in [1.82, 2.24) is 5.32 Å². The zero-order valence-electron chi connectivity index (χ0n) is 31.8. The molecule has 0 spiro atoms. The summed E-state index contributed by atoms with van der Waals surface area (Å²) >= 11 is 0. The fraction of sp³-hybridized carbons (Fsp3) is 0.976. The summed E-state index contributed by atoms with van der Waals surface area (Å²) < 4.78 is 5.82. The number of unbranched alkanes of at least 4 members (excludes halogenated alkanes) is 30. The Morgan fingerprint density at radius 2 is 0.872 bits per heavy atom. The summed E-state index contributed by atoms with van der Waals surface area (Å²) in [5, 5.41) is 23.9. The Hall–Kier alpha value is -0.650. The molecular formula is C42H83NO4. The lowest BCUT2D eigenvalue weighted by Gasteiger charge is -2.20. The molecule has 47 heavy (non-hydrogen) atoms. The van der Waals surface area contributed by atoms with Crippen molar-refractivity contribution >= 4 is 5.91 Å². The Labute approximate surface area is 293 Å². The van der Waals surface area contributed by atoms with Gasteiger partial charge >= 0.3 is 0 Å². The normalized spacial score (nSPS) is 18.6. The van der Waals surface area contributed by atoms with E-state index in [2.05, 4.69) is 19.2 Å². The molecule has 0 aromatic carbocycles. The summed E-state index contributed by atoms with van der Waals surface area (Å²) in [4.78, 5) is 12.5. The highest BCUT2D eigenvalue weighted by molar-refractivity contribution is 5.80. The van der Waals surface area contributed by atoms with Gasteiger partial charge in [0, 0.05) is 0 Å². The number of rotatable bonds is 36. The van der Waals surface area contributed by atoms with Gasteiger partial charge in [-0.15, -0.1) is 0 Å². The van der Waals surface area contributed by atoms with E-state index >= 15 is 0 Å². The van der Waals surface area contributed by atoms with Crippen LogP contribution in [0.5, 0.6) is 0 Å². The minimum absolute atomic E-state index is 0.204. The number of carbonyl (C=O) groups excluding carboxylic acids is 1. The van der Waals surface area contributed by atoms with Gasteiger partial charge in [0.1, 0.15) is 12.2 Å². The second kappa shape index (κ2) is 33.8. The number of ether oxygens (including phenoxy) is 1. The van der Waals surface area contributed by atoms with Crippen LogP contribution < -0.4 is 5.32 Å². The number of nitrogens with one attached hydrogen (secondary N) is 1. The van der Waals surface area contributed by atoms with Crippen molar-refractivity contribution in [3.63, 3.8) is 0 Å². The van der Waals surface area contributed by atoms with E-state index in [0.29, 0.717) is 13.0 Å². The third-order valence-electron chi connectivity index (χ3n) is 10.6. The summed E-state index contributed by atoms with van der Waals surface area (Å²) in [6, 6.07) is -0.408. The standard InChI is InChI=1S/C42H83NO4/c1-3-5-7-9-11-13-15-17-18-19-20-21-22-23-24-25-27-29-31-33-35-39(44)42(46)43-38-37-47-40(41(38)45)36-34-32-30-28-26-16-14-12-10-8-6-4-2/h38-41,44-45H,3-37H2,1-2H3,(H,43,46). The lowest BCUT2D eigenvalue weighted by molar-refractivity contribution is -0.131. The highest BCUT2D eigenvalue weighted by Crippen LogP contribution is 2.22. The van der Waals surface area contributed by atoms with Gasteiger partial charge in [-0.1, -0.05) is 219 Å². The monoisotopic (exact) mass is 666 g/mol. The average Bonchev–Trinajstić information content (AvgIpc) is 3.42. The number of amides is 1. The fourth-order valence-corrected chi connectivity index (χ4v) is 7.25. The summed E-state index contributed by atoms with van der Waals surface area (Å²) in [7, 11) is 0. The van der Waals surface area contributed by atoms with E-state index in [1.165, 1.54) is 186 Å². The summed E-state index contributed by atoms with van der Waals surface area (Å²) in [6.45, 7) is 4.89. The smallest absolute Gasteiger partial charge is 0.249 e. The Kier molecular flexibility index (Phi) is 31.9. The SMILES string of the molecule is CCCCCCCCCCCCCCCCCCCCCCC(O)C(=O)NC1COC(CCCCCCCCCCCCCC)C1O.